The largest absolute Gasteiger partial charge is 0.352 e. The summed E-state index contributed by atoms with van der Waals surface area (Å²) in [5.41, 5.74) is 2.01. The molecule has 2 aromatic rings. The van der Waals surface area contributed by atoms with E-state index in [2.05, 4.69) is 27.4 Å². The predicted octanol–water partition coefficient (Wildman–Crippen LogP) is 2.51. The van der Waals surface area contributed by atoms with Crippen LogP contribution in [0.2, 0.25) is 0 Å². The van der Waals surface area contributed by atoms with Crippen LogP contribution in [0.15, 0.2) is 30.6 Å². The summed E-state index contributed by atoms with van der Waals surface area (Å²) in [6.07, 6.45) is 6.58. The number of aromatic amines is 1. The molecule has 5 heteroatoms. The number of benzene rings is 1. The predicted molar refractivity (Wildman–Crippen MR) is 82.1 cm³/mol. The van der Waals surface area contributed by atoms with Crippen molar-refractivity contribution in [2.75, 3.05) is 6.54 Å². The first-order valence-electron chi connectivity index (χ1n) is 7.51. The average Bonchev–Trinajstić information content (AvgIpc) is 3.03. The molecule has 0 unspecified atom stereocenters. The van der Waals surface area contributed by atoms with Crippen LogP contribution in [-0.4, -0.2) is 27.6 Å². The number of hydrogen-bond acceptors (Lipinski definition) is 3. The number of amides is 1. The van der Waals surface area contributed by atoms with Gasteiger partial charge in [0.1, 0.15) is 12.2 Å². The minimum atomic E-state index is -0.0189. The molecule has 5 nitrogen and oxygen atoms in total. The number of hydrogen-bond donors (Lipinski definition) is 2. The van der Waals surface area contributed by atoms with Crippen molar-refractivity contribution < 1.29 is 4.79 Å². The fourth-order valence-corrected chi connectivity index (χ4v) is 2.11. The normalized spacial score (nSPS) is 10.5. The Morgan fingerprint density at radius 3 is 2.67 bits per heavy atom. The number of carbonyl (C=O) groups is 1. The lowest BCUT2D eigenvalue weighted by Crippen LogP contribution is -2.24. The Morgan fingerprint density at radius 2 is 2.00 bits per heavy atom. The molecule has 21 heavy (non-hydrogen) atoms. The van der Waals surface area contributed by atoms with Crippen molar-refractivity contribution in [1.82, 2.24) is 20.5 Å². The SMILES string of the molecule is CCCCc1ccc(C(=O)NCCCc2ncn[nH]2)cc1. The van der Waals surface area contributed by atoms with E-state index in [0.717, 1.165) is 30.7 Å². The zero-order valence-electron chi connectivity index (χ0n) is 12.4. The fourth-order valence-electron chi connectivity index (χ4n) is 2.11. The van der Waals surface area contributed by atoms with Crippen LogP contribution in [0.4, 0.5) is 0 Å². The summed E-state index contributed by atoms with van der Waals surface area (Å²) in [6, 6.07) is 7.88. The van der Waals surface area contributed by atoms with Crippen molar-refractivity contribution in [1.29, 1.82) is 0 Å². The molecule has 0 radical (unpaired) electrons. The molecule has 0 saturated carbocycles. The highest BCUT2D eigenvalue weighted by atomic mass is 16.1. The minimum Gasteiger partial charge on any atom is -0.352 e. The quantitative estimate of drug-likeness (QED) is 0.732. The standard InChI is InChI=1S/C16H22N4O/c1-2-3-5-13-7-9-14(10-8-13)16(21)17-11-4-6-15-18-12-19-20-15/h7-10,12H,2-6,11H2,1H3,(H,17,21)(H,18,19,20). The van der Waals surface area contributed by atoms with Crippen LogP contribution in [-0.2, 0) is 12.8 Å². The molecule has 0 aliphatic rings. The highest BCUT2D eigenvalue weighted by Gasteiger charge is 2.05. The van der Waals surface area contributed by atoms with Gasteiger partial charge < -0.3 is 5.32 Å². The van der Waals surface area contributed by atoms with E-state index in [4.69, 9.17) is 0 Å². The molecule has 0 fully saturated rings. The molecule has 1 amide bonds. The molecule has 2 N–H and O–H groups in total. The number of carbonyl (C=O) groups excluding carboxylic acids is 1. The van der Waals surface area contributed by atoms with Crippen molar-refractivity contribution in [3.05, 3.63) is 47.5 Å². The van der Waals surface area contributed by atoms with Gasteiger partial charge in [0.05, 0.1) is 0 Å². The molecule has 0 saturated heterocycles. The van der Waals surface area contributed by atoms with E-state index in [9.17, 15) is 4.79 Å². The van der Waals surface area contributed by atoms with Gasteiger partial charge >= 0.3 is 0 Å². The summed E-state index contributed by atoms with van der Waals surface area (Å²) in [5, 5.41) is 9.52. The van der Waals surface area contributed by atoms with Gasteiger partial charge in [0, 0.05) is 18.5 Å². The van der Waals surface area contributed by atoms with Crippen molar-refractivity contribution >= 4 is 5.91 Å². The van der Waals surface area contributed by atoms with Gasteiger partial charge in [-0.05, 0) is 37.0 Å². The van der Waals surface area contributed by atoms with Crippen LogP contribution in [0.25, 0.3) is 0 Å². The van der Waals surface area contributed by atoms with Gasteiger partial charge in [-0.3, -0.25) is 9.89 Å². The Hall–Kier alpha value is -2.17. The number of nitrogens with one attached hydrogen (secondary N) is 2. The van der Waals surface area contributed by atoms with Gasteiger partial charge in [-0.2, -0.15) is 5.10 Å². The number of aromatic nitrogens is 3. The average molecular weight is 286 g/mol. The highest BCUT2D eigenvalue weighted by molar-refractivity contribution is 5.94. The molecular formula is C16H22N4O. The van der Waals surface area contributed by atoms with Gasteiger partial charge in [-0.15, -0.1) is 0 Å². The zero-order valence-corrected chi connectivity index (χ0v) is 12.4. The van der Waals surface area contributed by atoms with Crippen molar-refractivity contribution in [2.45, 2.75) is 39.0 Å². The number of H-pyrrole nitrogens is 1. The van der Waals surface area contributed by atoms with E-state index < -0.39 is 0 Å². The smallest absolute Gasteiger partial charge is 0.251 e. The lowest BCUT2D eigenvalue weighted by molar-refractivity contribution is 0.0953. The van der Waals surface area contributed by atoms with E-state index in [1.807, 2.05) is 24.3 Å². The number of aryl methyl sites for hydroxylation is 2. The van der Waals surface area contributed by atoms with Crippen LogP contribution in [0.5, 0.6) is 0 Å². The third-order valence-electron chi connectivity index (χ3n) is 3.38. The van der Waals surface area contributed by atoms with Crippen LogP contribution in [0.1, 0.15) is 47.9 Å². The number of nitrogens with zero attached hydrogens (tertiary/aromatic N) is 2. The second-order valence-electron chi connectivity index (χ2n) is 5.09. The number of unbranched alkanes of at least 4 members (excludes halogenated alkanes) is 1. The summed E-state index contributed by atoms with van der Waals surface area (Å²) < 4.78 is 0. The van der Waals surface area contributed by atoms with Crippen LogP contribution < -0.4 is 5.32 Å². The maximum atomic E-state index is 12.0. The summed E-state index contributed by atoms with van der Waals surface area (Å²) in [7, 11) is 0. The first-order chi connectivity index (χ1) is 10.3. The lowest BCUT2D eigenvalue weighted by atomic mass is 10.1. The van der Waals surface area contributed by atoms with E-state index in [0.29, 0.717) is 6.54 Å². The maximum absolute atomic E-state index is 12.0. The van der Waals surface area contributed by atoms with Gasteiger partial charge in [0.2, 0.25) is 0 Å². The van der Waals surface area contributed by atoms with E-state index >= 15 is 0 Å². The molecular weight excluding hydrogens is 264 g/mol. The molecule has 0 spiro atoms. The van der Waals surface area contributed by atoms with Gasteiger partial charge in [0.15, 0.2) is 0 Å². The Morgan fingerprint density at radius 1 is 1.19 bits per heavy atom. The Bertz CT molecular complexity index is 534. The first kappa shape index (κ1) is 15.2. The second kappa shape index (κ2) is 8.19. The first-order valence-corrected chi connectivity index (χ1v) is 7.51. The maximum Gasteiger partial charge on any atom is 0.251 e. The lowest BCUT2D eigenvalue weighted by Gasteiger charge is -2.06. The zero-order chi connectivity index (χ0) is 14.9. The van der Waals surface area contributed by atoms with Crippen molar-refractivity contribution in [2.24, 2.45) is 0 Å². The highest BCUT2D eigenvalue weighted by Crippen LogP contribution is 2.08. The van der Waals surface area contributed by atoms with Crippen molar-refractivity contribution in [3.8, 4) is 0 Å². The van der Waals surface area contributed by atoms with Crippen LogP contribution in [0, 0.1) is 0 Å². The molecule has 112 valence electrons. The summed E-state index contributed by atoms with van der Waals surface area (Å²) in [4.78, 5) is 16.0. The summed E-state index contributed by atoms with van der Waals surface area (Å²) in [5.74, 6) is 0.833. The monoisotopic (exact) mass is 286 g/mol. The third kappa shape index (κ3) is 5.02. The minimum absolute atomic E-state index is 0.0189. The summed E-state index contributed by atoms with van der Waals surface area (Å²) in [6.45, 7) is 2.82. The summed E-state index contributed by atoms with van der Waals surface area (Å²) >= 11 is 0. The van der Waals surface area contributed by atoms with Crippen molar-refractivity contribution in [3.63, 3.8) is 0 Å². The molecule has 0 aliphatic heterocycles. The Labute approximate surface area is 125 Å². The second-order valence-corrected chi connectivity index (χ2v) is 5.09. The number of rotatable bonds is 8. The van der Waals surface area contributed by atoms with Gasteiger partial charge in [0.25, 0.3) is 5.91 Å². The topological polar surface area (TPSA) is 70.7 Å². The molecule has 1 aromatic heterocycles. The third-order valence-corrected chi connectivity index (χ3v) is 3.38. The Kier molecular flexibility index (Phi) is 5.94. The van der Waals surface area contributed by atoms with E-state index in [1.54, 1.807) is 0 Å². The molecule has 0 atom stereocenters. The van der Waals surface area contributed by atoms with E-state index in [-0.39, 0.29) is 5.91 Å². The molecule has 0 aliphatic carbocycles. The fraction of sp³-hybridized carbons (Fsp3) is 0.438. The molecule has 1 aromatic carbocycles. The van der Waals surface area contributed by atoms with Gasteiger partial charge in [-0.25, -0.2) is 4.98 Å². The molecule has 0 bridgehead atoms. The van der Waals surface area contributed by atoms with E-state index in [1.165, 1.54) is 24.7 Å². The molecule has 1 heterocycles. The van der Waals surface area contributed by atoms with Crippen LogP contribution >= 0.6 is 0 Å². The van der Waals surface area contributed by atoms with Crippen LogP contribution in [0.3, 0.4) is 0 Å². The Balaban J connectivity index is 1.72. The molecule has 2 rings (SSSR count). The van der Waals surface area contributed by atoms with Gasteiger partial charge in [-0.1, -0.05) is 25.5 Å².